The van der Waals surface area contributed by atoms with Gasteiger partial charge in [0.15, 0.2) is 0 Å². The number of hydrogen-bond acceptors (Lipinski definition) is 4. The Morgan fingerprint density at radius 3 is 3.00 bits per heavy atom. The van der Waals surface area contributed by atoms with Gasteiger partial charge in [-0.15, -0.1) is 0 Å². The van der Waals surface area contributed by atoms with Gasteiger partial charge in [0.25, 0.3) is 0 Å². The van der Waals surface area contributed by atoms with Gasteiger partial charge in [0.05, 0.1) is 30.8 Å². The zero-order valence-corrected chi connectivity index (χ0v) is 12.0. The lowest BCUT2D eigenvalue weighted by Gasteiger charge is -2.32. The first kappa shape index (κ1) is 14.5. The summed E-state index contributed by atoms with van der Waals surface area (Å²) in [5.41, 5.74) is 0.909. The summed E-state index contributed by atoms with van der Waals surface area (Å²) in [6, 6.07) is 7.69. The molecule has 1 aromatic heterocycles. The standard InChI is InChI=1S/C15H17N3O4/c19-14(17-5-6-22-12(9-17)7-15(20)21)10-18-13-4-2-1-3-11(13)8-16-18/h1-4,8,12H,5-7,9-10H2,(H,20,21). The first-order chi connectivity index (χ1) is 10.6. The number of para-hydroxylation sites is 1. The summed E-state index contributed by atoms with van der Waals surface area (Å²) in [6.07, 6.45) is 1.20. The Kier molecular flexibility index (Phi) is 4.06. The molecule has 0 spiro atoms. The fourth-order valence-corrected chi connectivity index (χ4v) is 2.64. The number of ether oxygens (including phenoxy) is 1. The van der Waals surface area contributed by atoms with E-state index in [0.717, 1.165) is 10.9 Å². The molecule has 7 heteroatoms. The lowest BCUT2D eigenvalue weighted by atomic mass is 10.2. The van der Waals surface area contributed by atoms with Crippen molar-refractivity contribution in [1.82, 2.24) is 14.7 Å². The number of morpholine rings is 1. The molecule has 1 aromatic carbocycles. The van der Waals surface area contributed by atoms with Gasteiger partial charge in [0.2, 0.25) is 5.91 Å². The van der Waals surface area contributed by atoms with Gasteiger partial charge >= 0.3 is 5.97 Å². The van der Waals surface area contributed by atoms with Crippen molar-refractivity contribution in [3.63, 3.8) is 0 Å². The van der Waals surface area contributed by atoms with Crippen LogP contribution in [0.15, 0.2) is 30.5 Å². The lowest BCUT2D eigenvalue weighted by Crippen LogP contribution is -2.47. The summed E-state index contributed by atoms with van der Waals surface area (Å²) in [5, 5.41) is 14.0. The molecule has 1 aliphatic rings. The molecule has 1 saturated heterocycles. The second kappa shape index (κ2) is 6.15. The molecule has 0 aliphatic carbocycles. The Morgan fingerprint density at radius 2 is 2.18 bits per heavy atom. The number of carbonyl (C=O) groups excluding carboxylic acids is 1. The minimum absolute atomic E-state index is 0.0764. The third-order valence-electron chi connectivity index (χ3n) is 3.73. The molecule has 0 radical (unpaired) electrons. The molecule has 2 aromatic rings. The minimum Gasteiger partial charge on any atom is -0.481 e. The number of fused-ring (bicyclic) bond motifs is 1. The highest BCUT2D eigenvalue weighted by atomic mass is 16.5. The molecule has 1 amide bonds. The summed E-state index contributed by atoms with van der Waals surface area (Å²) >= 11 is 0. The average Bonchev–Trinajstić information content (AvgIpc) is 2.90. The number of carboxylic acids is 1. The number of carboxylic acid groups (broad SMARTS) is 1. The molecule has 2 heterocycles. The molecule has 0 saturated carbocycles. The van der Waals surface area contributed by atoms with Gasteiger partial charge in [0.1, 0.15) is 6.54 Å². The molecule has 1 N–H and O–H groups in total. The van der Waals surface area contributed by atoms with Crippen LogP contribution in [0.5, 0.6) is 0 Å². The number of aromatic nitrogens is 2. The molecular weight excluding hydrogens is 286 g/mol. The average molecular weight is 303 g/mol. The van der Waals surface area contributed by atoms with E-state index in [4.69, 9.17) is 9.84 Å². The van der Waals surface area contributed by atoms with Crippen LogP contribution in [-0.4, -0.2) is 57.5 Å². The van der Waals surface area contributed by atoms with Crippen LogP contribution >= 0.6 is 0 Å². The zero-order chi connectivity index (χ0) is 15.5. The predicted octanol–water partition coefficient (Wildman–Crippen LogP) is 0.738. The molecule has 0 bridgehead atoms. The van der Waals surface area contributed by atoms with E-state index in [2.05, 4.69) is 5.10 Å². The van der Waals surface area contributed by atoms with Crippen LogP contribution in [0.1, 0.15) is 6.42 Å². The van der Waals surface area contributed by atoms with E-state index < -0.39 is 12.1 Å². The fourth-order valence-electron chi connectivity index (χ4n) is 2.64. The summed E-state index contributed by atoms with van der Waals surface area (Å²) in [4.78, 5) is 24.8. The van der Waals surface area contributed by atoms with Crippen molar-refractivity contribution in [2.45, 2.75) is 19.1 Å². The van der Waals surface area contributed by atoms with Crippen LogP contribution in [0, 0.1) is 0 Å². The largest absolute Gasteiger partial charge is 0.481 e. The molecule has 116 valence electrons. The zero-order valence-electron chi connectivity index (χ0n) is 12.0. The summed E-state index contributed by atoms with van der Waals surface area (Å²) in [7, 11) is 0. The molecule has 7 nitrogen and oxygen atoms in total. The Morgan fingerprint density at radius 1 is 1.36 bits per heavy atom. The van der Waals surface area contributed by atoms with Gasteiger partial charge < -0.3 is 14.7 Å². The van der Waals surface area contributed by atoms with Crippen molar-refractivity contribution in [1.29, 1.82) is 0 Å². The number of carbonyl (C=O) groups is 2. The van der Waals surface area contributed by atoms with E-state index in [-0.39, 0.29) is 18.9 Å². The predicted molar refractivity (Wildman–Crippen MR) is 78.3 cm³/mol. The van der Waals surface area contributed by atoms with Crippen molar-refractivity contribution in [2.75, 3.05) is 19.7 Å². The quantitative estimate of drug-likeness (QED) is 0.900. The maximum Gasteiger partial charge on any atom is 0.306 e. The number of nitrogens with zero attached hydrogens (tertiary/aromatic N) is 3. The number of benzene rings is 1. The van der Waals surface area contributed by atoms with Crippen molar-refractivity contribution in [2.24, 2.45) is 0 Å². The second-order valence-electron chi connectivity index (χ2n) is 5.29. The van der Waals surface area contributed by atoms with Crippen LogP contribution in [0.4, 0.5) is 0 Å². The van der Waals surface area contributed by atoms with Gasteiger partial charge in [-0.1, -0.05) is 18.2 Å². The van der Waals surface area contributed by atoms with E-state index in [1.807, 2.05) is 24.3 Å². The maximum absolute atomic E-state index is 12.4. The van der Waals surface area contributed by atoms with E-state index in [1.54, 1.807) is 15.8 Å². The molecule has 3 rings (SSSR count). The van der Waals surface area contributed by atoms with E-state index >= 15 is 0 Å². The van der Waals surface area contributed by atoms with Gasteiger partial charge in [-0.25, -0.2) is 0 Å². The first-order valence-corrected chi connectivity index (χ1v) is 7.15. The second-order valence-corrected chi connectivity index (χ2v) is 5.29. The van der Waals surface area contributed by atoms with E-state index in [1.165, 1.54) is 0 Å². The minimum atomic E-state index is -0.919. The Balaban J connectivity index is 1.67. The Hall–Kier alpha value is -2.41. The van der Waals surface area contributed by atoms with Gasteiger partial charge in [0, 0.05) is 18.5 Å². The number of amides is 1. The highest BCUT2D eigenvalue weighted by Gasteiger charge is 2.26. The van der Waals surface area contributed by atoms with Crippen molar-refractivity contribution < 1.29 is 19.4 Å². The fraction of sp³-hybridized carbons (Fsp3) is 0.400. The summed E-state index contributed by atoms with van der Waals surface area (Å²) < 4.78 is 7.04. The highest BCUT2D eigenvalue weighted by molar-refractivity contribution is 5.82. The molecule has 1 fully saturated rings. The number of rotatable bonds is 4. The number of aliphatic carboxylic acids is 1. The third kappa shape index (κ3) is 3.09. The first-order valence-electron chi connectivity index (χ1n) is 7.15. The topological polar surface area (TPSA) is 84.7 Å². The van der Waals surface area contributed by atoms with Gasteiger partial charge in [-0.3, -0.25) is 14.3 Å². The van der Waals surface area contributed by atoms with E-state index in [0.29, 0.717) is 19.7 Å². The molecular formula is C15H17N3O4. The normalized spacial score (nSPS) is 18.5. The number of hydrogen-bond donors (Lipinski definition) is 1. The maximum atomic E-state index is 12.4. The van der Waals surface area contributed by atoms with E-state index in [9.17, 15) is 9.59 Å². The van der Waals surface area contributed by atoms with Gasteiger partial charge in [-0.05, 0) is 6.07 Å². The molecule has 1 unspecified atom stereocenters. The molecule has 1 atom stereocenters. The smallest absolute Gasteiger partial charge is 0.306 e. The van der Waals surface area contributed by atoms with Crippen LogP contribution in [0.25, 0.3) is 10.9 Å². The SMILES string of the molecule is O=C(O)CC1CN(C(=O)Cn2ncc3ccccc32)CCO1. The lowest BCUT2D eigenvalue weighted by molar-refractivity contribution is -0.148. The molecule has 1 aliphatic heterocycles. The van der Waals surface area contributed by atoms with Crippen LogP contribution in [0.2, 0.25) is 0 Å². The van der Waals surface area contributed by atoms with Crippen molar-refractivity contribution >= 4 is 22.8 Å². The van der Waals surface area contributed by atoms with Crippen LogP contribution in [0.3, 0.4) is 0 Å². The highest BCUT2D eigenvalue weighted by Crippen LogP contribution is 2.14. The molecule has 22 heavy (non-hydrogen) atoms. The summed E-state index contributed by atoms with van der Waals surface area (Å²) in [5.74, 6) is -0.995. The third-order valence-corrected chi connectivity index (χ3v) is 3.73. The summed E-state index contributed by atoms with van der Waals surface area (Å²) in [6.45, 7) is 1.30. The Labute approximate surface area is 127 Å². The van der Waals surface area contributed by atoms with Crippen molar-refractivity contribution in [3.05, 3.63) is 30.5 Å². The monoisotopic (exact) mass is 303 g/mol. The van der Waals surface area contributed by atoms with Crippen molar-refractivity contribution in [3.8, 4) is 0 Å². The van der Waals surface area contributed by atoms with Gasteiger partial charge in [-0.2, -0.15) is 5.10 Å². The van der Waals surface area contributed by atoms with Crippen LogP contribution in [-0.2, 0) is 20.9 Å². The Bertz CT molecular complexity index is 697. The van der Waals surface area contributed by atoms with Crippen LogP contribution < -0.4 is 0 Å².